The van der Waals surface area contributed by atoms with Gasteiger partial charge in [-0.2, -0.15) is 0 Å². The summed E-state index contributed by atoms with van der Waals surface area (Å²) in [5.74, 6) is 1.61. The summed E-state index contributed by atoms with van der Waals surface area (Å²) in [5, 5.41) is 3.06. The van der Waals surface area contributed by atoms with Crippen LogP contribution in [0.15, 0.2) is 30.3 Å². The van der Waals surface area contributed by atoms with Crippen LogP contribution in [0.5, 0.6) is 5.75 Å². The molecule has 0 aliphatic rings. The first-order valence-corrected chi connectivity index (χ1v) is 7.06. The fraction of sp³-hybridized carbons (Fsp3) is 0.471. The number of amides is 1. The van der Waals surface area contributed by atoms with Gasteiger partial charge in [-0.25, -0.2) is 0 Å². The summed E-state index contributed by atoms with van der Waals surface area (Å²) in [5.41, 5.74) is 0.978. The van der Waals surface area contributed by atoms with E-state index in [2.05, 4.69) is 33.0 Å². The number of carbonyl (C=O) groups is 1. The maximum Gasteiger partial charge on any atom is 0.244 e. The predicted octanol–water partition coefficient (Wildman–Crippen LogP) is 3.51. The number of rotatable bonds is 6. The van der Waals surface area contributed by atoms with Crippen LogP contribution >= 0.6 is 0 Å². The van der Waals surface area contributed by atoms with Crippen molar-refractivity contribution in [2.45, 2.75) is 33.7 Å². The van der Waals surface area contributed by atoms with Crippen LogP contribution in [0.1, 0.15) is 33.3 Å². The summed E-state index contributed by atoms with van der Waals surface area (Å²) in [4.78, 5) is 11.9. The lowest BCUT2D eigenvalue weighted by molar-refractivity contribution is -0.117. The zero-order valence-corrected chi connectivity index (χ0v) is 13.0. The van der Waals surface area contributed by atoms with Crippen LogP contribution in [0.25, 0.3) is 6.08 Å². The SMILES string of the molecule is COc1ccc(/C=C/C(=O)NC(C(C)C)C(C)C)cc1. The molecule has 110 valence electrons. The average molecular weight is 275 g/mol. The van der Waals surface area contributed by atoms with E-state index in [1.165, 1.54) is 0 Å². The monoisotopic (exact) mass is 275 g/mol. The maximum absolute atomic E-state index is 11.9. The molecule has 0 radical (unpaired) electrons. The minimum Gasteiger partial charge on any atom is -0.497 e. The second kappa shape index (κ2) is 7.73. The molecule has 0 aromatic heterocycles. The predicted molar refractivity (Wildman–Crippen MR) is 83.6 cm³/mol. The molecule has 0 spiro atoms. The maximum atomic E-state index is 11.9. The van der Waals surface area contributed by atoms with Gasteiger partial charge in [0.1, 0.15) is 5.75 Å². The van der Waals surface area contributed by atoms with E-state index in [4.69, 9.17) is 4.74 Å². The van der Waals surface area contributed by atoms with Gasteiger partial charge in [0, 0.05) is 12.1 Å². The van der Waals surface area contributed by atoms with Crippen molar-refractivity contribution in [3.05, 3.63) is 35.9 Å². The van der Waals surface area contributed by atoms with Crippen molar-refractivity contribution in [1.29, 1.82) is 0 Å². The van der Waals surface area contributed by atoms with E-state index in [1.54, 1.807) is 13.2 Å². The average Bonchev–Trinajstić information content (AvgIpc) is 2.42. The number of ether oxygens (including phenoxy) is 1. The zero-order chi connectivity index (χ0) is 15.1. The van der Waals surface area contributed by atoms with Crippen molar-refractivity contribution in [3.8, 4) is 5.75 Å². The third kappa shape index (κ3) is 5.08. The van der Waals surface area contributed by atoms with Crippen LogP contribution in [0, 0.1) is 11.8 Å². The van der Waals surface area contributed by atoms with E-state index in [1.807, 2.05) is 30.3 Å². The number of hydrogen-bond donors (Lipinski definition) is 1. The fourth-order valence-corrected chi connectivity index (χ4v) is 2.20. The molecule has 0 fully saturated rings. The molecule has 1 amide bonds. The van der Waals surface area contributed by atoms with Gasteiger partial charge in [0.2, 0.25) is 5.91 Å². The van der Waals surface area contributed by atoms with Crippen LogP contribution in [-0.2, 0) is 4.79 Å². The minimum absolute atomic E-state index is 0.0479. The first kappa shape index (κ1) is 16.3. The molecular weight excluding hydrogens is 250 g/mol. The molecule has 0 aliphatic heterocycles. The summed E-state index contributed by atoms with van der Waals surface area (Å²) in [6, 6.07) is 7.80. The van der Waals surface area contributed by atoms with E-state index >= 15 is 0 Å². The first-order valence-electron chi connectivity index (χ1n) is 7.06. The summed E-state index contributed by atoms with van der Waals surface area (Å²) >= 11 is 0. The highest BCUT2D eigenvalue weighted by atomic mass is 16.5. The number of nitrogens with one attached hydrogen (secondary N) is 1. The Bertz CT molecular complexity index is 439. The van der Waals surface area contributed by atoms with E-state index < -0.39 is 0 Å². The normalized spacial score (nSPS) is 11.6. The standard InChI is InChI=1S/C17H25NO2/c1-12(2)17(13(3)4)18-16(19)11-8-14-6-9-15(20-5)10-7-14/h6-13,17H,1-5H3,(H,18,19)/b11-8+. The van der Waals surface area contributed by atoms with Gasteiger partial charge < -0.3 is 10.1 Å². The van der Waals surface area contributed by atoms with Crippen molar-refractivity contribution in [2.24, 2.45) is 11.8 Å². The van der Waals surface area contributed by atoms with Gasteiger partial charge in [-0.3, -0.25) is 4.79 Å². The molecule has 1 N–H and O–H groups in total. The third-order valence-electron chi connectivity index (χ3n) is 3.29. The van der Waals surface area contributed by atoms with Gasteiger partial charge in [-0.05, 0) is 35.6 Å². The third-order valence-corrected chi connectivity index (χ3v) is 3.29. The van der Waals surface area contributed by atoms with Gasteiger partial charge in [0.25, 0.3) is 0 Å². The topological polar surface area (TPSA) is 38.3 Å². The van der Waals surface area contributed by atoms with Crippen LogP contribution in [0.2, 0.25) is 0 Å². The van der Waals surface area contributed by atoms with Crippen molar-refractivity contribution >= 4 is 12.0 Å². The summed E-state index contributed by atoms with van der Waals surface area (Å²) in [7, 11) is 1.64. The Morgan fingerprint density at radius 1 is 1.10 bits per heavy atom. The van der Waals surface area contributed by atoms with E-state index in [-0.39, 0.29) is 11.9 Å². The lowest BCUT2D eigenvalue weighted by atomic mass is 9.93. The molecule has 1 aromatic carbocycles. The molecule has 1 aromatic rings. The second-order valence-corrected chi connectivity index (χ2v) is 5.63. The molecule has 0 saturated carbocycles. The molecule has 0 bridgehead atoms. The van der Waals surface area contributed by atoms with Crippen LogP contribution in [0.3, 0.4) is 0 Å². The van der Waals surface area contributed by atoms with E-state index in [0.717, 1.165) is 11.3 Å². The Morgan fingerprint density at radius 2 is 1.65 bits per heavy atom. The van der Waals surface area contributed by atoms with E-state index in [9.17, 15) is 4.79 Å². The quantitative estimate of drug-likeness (QED) is 0.807. The Morgan fingerprint density at radius 3 is 2.10 bits per heavy atom. The van der Waals surface area contributed by atoms with Gasteiger partial charge >= 0.3 is 0 Å². The Labute approximate surface area is 122 Å². The molecule has 0 saturated heterocycles. The Kier molecular flexibility index (Phi) is 6.29. The van der Waals surface area contributed by atoms with E-state index in [0.29, 0.717) is 11.8 Å². The summed E-state index contributed by atoms with van der Waals surface area (Å²) in [6.07, 6.45) is 3.39. The summed E-state index contributed by atoms with van der Waals surface area (Å²) in [6.45, 7) is 8.49. The zero-order valence-electron chi connectivity index (χ0n) is 13.0. The van der Waals surface area contributed by atoms with Crippen molar-refractivity contribution in [3.63, 3.8) is 0 Å². The molecular formula is C17H25NO2. The first-order chi connectivity index (χ1) is 9.43. The van der Waals surface area contributed by atoms with Crippen molar-refractivity contribution in [2.75, 3.05) is 7.11 Å². The van der Waals surface area contributed by atoms with Gasteiger partial charge in [-0.15, -0.1) is 0 Å². The lowest BCUT2D eigenvalue weighted by Gasteiger charge is -2.25. The number of hydrogen-bond acceptors (Lipinski definition) is 2. The molecule has 1 rings (SSSR count). The van der Waals surface area contributed by atoms with Crippen molar-refractivity contribution in [1.82, 2.24) is 5.32 Å². The van der Waals surface area contributed by atoms with Gasteiger partial charge in [0.15, 0.2) is 0 Å². The number of benzene rings is 1. The lowest BCUT2D eigenvalue weighted by Crippen LogP contribution is -2.41. The molecule has 0 atom stereocenters. The second-order valence-electron chi connectivity index (χ2n) is 5.63. The van der Waals surface area contributed by atoms with Gasteiger partial charge in [0.05, 0.1) is 7.11 Å². The minimum atomic E-state index is -0.0479. The summed E-state index contributed by atoms with van der Waals surface area (Å²) < 4.78 is 5.10. The Balaban J connectivity index is 2.62. The fourth-order valence-electron chi connectivity index (χ4n) is 2.20. The highest BCUT2D eigenvalue weighted by Crippen LogP contribution is 2.13. The number of carbonyl (C=O) groups excluding carboxylic acids is 1. The van der Waals surface area contributed by atoms with Crippen LogP contribution in [-0.4, -0.2) is 19.1 Å². The molecule has 3 heteroatoms. The number of methoxy groups -OCH3 is 1. The smallest absolute Gasteiger partial charge is 0.244 e. The molecule has 3 nitrogen and oxygen atoms in total. The van der Waals surface area contributed by atoms with Crippen LogP contribution in [0.4, 0.5) is 0 Å². The van der Waals surface area contributed by atoms with Gasteiger partial charge in [-0.1, -0.05) is 39.8 Å². The molecule has 0 unspecified atom stereocenters. The largest absolute Gasteiger partial charge is 0.497 e. The molecule has 0 heterocycles. The highest BCUT2D eigenvalue weighted by molar-refractivity contribution is 5.91. The van der Waals surface area contributed by atoms with Crippen molar-refractivity contribution < 1.29 is 9.53 Å². The Hall–Kier alpha value is -1.77. The van der Waals surface area contributed by atoms with Crippen LogP contribution < -0.4 is 10.1 Å². The molecule has 0 aliphatic carbocycles. The highest BCUT2D eigenvalue weighted by Gasteiger charge is 2.18. The molecule has 20 heavy (non-hydrogen) atoms.